The average molecular weight is 295 g/mol. The van der Waals surface area contributed by atoms with Gasteiger partial charge < -0.3 is 9.47 Å². The van der Waals surface area contributed by atoms with Crippen molar-refractivity contribution in [3.05, 3.63) is 17.5 Å². The molecule has 0 amide bonds. The number of nitrogens with zero attached hydrogens (tertiary/aromatic N) is 3. The van der Waals surface area contributed by atoms with Crippen LogP contribution < -0.4 is 0 Å². The first kappa shape index (κ1) is 16.0. The van der Waals surface area contributed by atoms with Crippen LogP contribution in [0.5, 0.6) is 0 Å². The van der Waals surface area contributed by atoms with Gasteiger partial charge in [0.2, 0.25) is 0 Å². The second-order valence-electron chi connectivity index (χ2n) is 5.48. The predicted octanol–water partition coefficient (Wildman–Crippen LogP) is 1.60. The van der Waals surface area contributed by atoms with E-state index < -0.39 is 0 Å². The summed E-state index contributed by atoms with van der Waals surface area (Å²) in [4.78, 5) is 14.4. The molecule has 2 heterocycles. The summed E-state index contributed by atoms with van der Waals surface area (Å²) in [6, 6.07) is 0.381. The van der Waals surface area contributed by atoms with Crippen LogP contribution in [0.3, 0.4) is 0 Å². The minimum Gasteiger partial charge on any atom is -0.462 e. The summed E-state index contributed by atoms with van der Waals surface area (Å²) in [5.74, 6) is -0.296. The van der Waals surface area contributed by atoms with Crippen molar-refractivity contribution in [1.29, 1.82) is 0 Å². The number of hydrogen-bond donors (Lipinski definition) is 0. The molecule has 6 nitrogen and oxygen atoms in total. The summed E-state index contributed by atoms with van der Waals surface area (Å²) in [5.41, 5.74) is 1.47. The quantitative estimate of drug-likeness (QED) is 0.772. The molecule has 2 atom stereocenters. The maximum absolute atomic E-state index is 12.0. The van der Waals surface area contributed by atoms with Crippen molar-refractivity contribution in [3.63, 3.8) is 0 Å². The monoisotopic (exact) mass is 295 g/mol. The zero-order valence-electron chi connectivity index (χ0n) is 13.3. The topological polar surface area (TPSA) is 56.6 Å². The lowest BCUT2D eigenvalue weighted by Gasteiger charge is -2.38. The number of morpholine rings is 1. The van der Waals surface area contributed by atoms with Crippen LogP contribution >= 0.6 is 0 Å². The molecule has 2 unspecified atom stereocenters. The lowest BCUT2D eigenvalue weighted by Crippen LogP contribution is -2.48. The Kier molecular flexibility index (Phi) is 5.36. The van der Waals surface area contributed by atoms with Crippen molar-refractivity contribution < 1.29 is 14.3 Å². The number of hydrogen-bond acceptors (Lipinski definition) is 5. The largest absolute Gasteiger partial charge is 0.462 e. The van der Waals surface area contributed by atoms with Gasteiger partial charge in [0.15, 0.2) is 0 Å². The van der Waals surface area contributed by atoms with Crippen molar-refractivity contribution in [1.82, 2.24) is 14.7 Å². The molecule has 1 aliphatic heterocycles. The molecule has 1 aliphatic rings. The van der Waals surface area contributed by atoms with E-state index in [4.69, 9.17) is 9.47 Å². The van der Waals surface area contributed by atoms with Gasteiger partial charge in [-0.25, -0.2) is 4.79 Å². The minimum absolute atomic E-state index is 0.215. The van der Waals surface area contributed by atoms with Gasteiger partial charge in [-0.05, 0) is 20.3 Å². The van der Waals surface area contributed by atoms with E-state index in [9.17, 15) is 4.79 Å². The second-order valence-corrected chi connectivity index (χ2v) is 5.48. The van der Waals surface area contributed by atoms with Crippen LogP contribution in [0.4, 0.5) is 0 Å². The Hall–Kier alpha value is -1.40. The third-order valence-corrected chi connectivity index (χ3v) is 3.96. The minimum atomic E-state index is -0.296. The summed E-state index contributed by atoms with van der Waals surface area (Å²) in [6.07, 6.45) is 2.84. The number of ether oxygens (including phenoxy) is 2. The Morgan fingerprint density at radius 2 is 2.29 bits per heavy atom. The summed E-state index contributed by atoms with van der Waals surface area (Å²) in [5, 5.41) is 4.21. The van der Waals surface area contributed by atoms with Gasteiger partial charge in [-0.2, -0.15) is 5.10 Å². The smallest absolute Gasteiger partial charge is 0.341 e. The molecule has 0 bridgehead atoms. The third kappa shape index (κ3) is 3.63. The molecule has 1 fully saturated rings. The van der Waals surface area contributed by atoms with Crippen molar-refractivity contribution in [2.75, 3.05) is 19.8 Å². The van der Waals surface area contributed by atoms with Crippen LogP contribution in [0.2, 0.25) is 0 Å². The summed E-state index contributed by atoms with van der Waals surface area (Å²) in [6.45, 7) is 8.72. The lowest BCUT2D eigenvalue weighted by atomic mass is 10.1. The molecule has 2 rings (SSSR count). The van der Waals surface area contributed by atoms with Gasteiger partial charge in [-0.3, -0.25) is 9.58 Å². The Morgan fingerprint density at radius 1 is 1.52 bits per heavy atom. The molecule has 0 aromatic carbocycles. The molecule has 1 saturated heterocycles. The van der Waals surface area contributed by atoms with E-state index >= 15 is 0 Å². The van der Waals surface area contributed by atoms with Gasteiger partial charge in [0.1, 0.15) is 5.56 Å². The molecule has 0 aliphatic carbocycles. The summed E-state index contributed by atoms with van der Waals surface area (Å²) >= 11 is 0. The lowest BCUT2D eigenvalue weighted by molar-refractivity contribution is -0.0599. The highest BCUT2D eigenvalue weighted by Crippen LogP contribution is 2.20. The second kappa shape index (κ2) is 7.04. The van der Waals surface area contributed by atoms with Gasteiger partial charge in [-0.1, -0.05) is 6.92 Å². The molecule has 0 N–H and O–H groups in total. The Morgan fingerprint density at radius 3 is 2.95 bits per heavy atom. The highest BCUT2D eigenvalue weighted by molar-refractivity contribution is 5.90. The average Bonchev–Trinajstić information content (AvgIpc) is 2.81. The number of esters is 1. The molecule has 1 aromatic rings. The summed E-state index contributed by atoms with van der Waals surface area (Å²) in [7, 11) is 1.86. The number of aryl methyl sites for hydroxylation is 1. The van der Waals surface area contributed by atoms with E-state index in [0.717, 1.165) is 25.3 Å². The normalized spacial score (nSPS) is 23.2. The van der Waals surface area contributed by atoms with Crippen LogP contribution in [0.25, 0.3) is 0 Å². The molecular formula is C15H25N3O3. The molecule has 0 saturated carbocycles. The van der Waals surface area contributed by atoms with E-state index in [-0.39, 0.29) is 12.1 Å². The number of aromatic nitrogens is 2. The van der Waals surface area contributed by atoms with Gasteiger partial charge in [-0.15, -0.1) is 0 Å². The van der Waals surface area contributed by atoms with Crippen LogP contribution in [-0.4, -0.2) is 52.6 Å². The Labute approximate surface area is 126 Å². The molecule has 0 spiro atoms. The maximum atomic E-state index is 12.0. The standard InChI is InChI=1S/C15H25N3O3/c1-5-12-10-21-11(3)8-18(12)9-14-13(7-16-17(14)4)15(19)20-6-2/h7,11-12H,5-6,8-10H2,1-4H3. The first-order valence-corrected chi connectivity index (χ1v) is 7.60. The van der Waals surface area contributed by atoms with Crippen molar-refractivity contribution in [2.24, 2.45) is 7.05 Å². The van der Waals surface area contributed by atoms with Crippen molar-refractivity contribution in [3.8, 4) is 0 Å². The van der Waals surface area contributed by atoms with Crippen LogP contribution in [0.1, 0.15) is 43.2 Å². The van der Waals surface area contributed by atoms with E-state index in [1.54, 1.807) is 10.9 Å². The highest BCUT2D eigenvalue weighted by Gasteiger charge is 2.28. The molecule has 118 valence electrons. The number of carbonyl (C=O) groups is 1. The van der Waals surface area contributed by atoms with Gasteiger partial charge >= 0.3 is 5.97 Å². The maximum Gasteiger partial charge on any atom is 0.341 e. The van der Waals surface area contributed by atoms with Crippen LogP contribution in [0, 0.1) is 0 Å². The Bertz CT molecular complexity index is 487. The highest BCUT2D eigenvalue weighted by atomic mass is 16.5. The third-order valence-electron chi connectivity index (χ3n) is 3.96. The van der Waals surface area contributed by atoms with Crippen molar-refractivity contribution in [2.45, 2.75) is 45.9 Å². The van der Waals surface area contributed by atoms with Gasteiger partial charge in [0, 0.05) is 26.2 Å². The van der Waals surface area contributed by atoms with E-state index in [2.05, 4.69) is 23.8 Å². The number of carbonyl (C=O) groups excluding carboxylic acids is 1. The molecule has 1 aromatic heterocycles. The van der Waals surface area contributed by atoms with Crippen LogP contribution in [-0.2, 0) is 23.1 Å². The number of rotatable bonds is 5. The molecular weight excluding hydrogens is 270 g/mol. The van der Waals surface area contributed by atoms with Gasteiger partial charge in [0.05, 0.1) is 31.2 Å². The SMILES string of the molecule is CCOC(=O)c1cnn(C)c1CN1CC(C)OCC1CC. The fourth-order valence-electron chi connectivity index (χ4n) is 2.70. The predicted molar refractivity (Wildman–Crippen MR) is 79.1 cm³/mol. The molecule has 21 heavy (non-hydrogen) atoms. The van der Waals surface area contributed by atoms with E-state index in [1.165, 1.54) is 0 Å². The molecule has 0 radical (unpaired) electrons. The summed E-state index contributed by atoms with van der Waals surface area (Å²) < 4.78 is 12.6. The fourth-order valence-corrected chi connectivity index (χ4v) is 2.70. The zero-order chi connectivity index (χ0) is 15.4. The zero-order valence-corrected chi connectivity index (χ0v) is 13.3. The van der Waals surface area contributed by atoms with E-state index in [1.807, 2.05) is 14.0 Å². The fraction of sp³-hybridized carbons (Fsp3) is 0.733. The van der Waals surface area contributed by atoms with Gasteiger partial charge in [0.25, 0.3) is 0 Å². The first-order valence-electron chi connectivity index (χ1n) is 7.60. The van der Waals surface area contributed by atoms with Crippen LogP contribution in [0.15, 0.2) is 6.20 Å². The Balaban J connectivity index is 2.17. The van der Waals surface area contributed by atoms with Crippen molar-refractivity contribution >= 4 is 5.97 Å². The molecule has 6 heteroatoms. The first-order chi connectivity index (χ1) is 10.1. The van der Waals surface area contributed by atoms with E-state index in [0.29, 0.717) is 24.8 Å².